The number of ether oxygens (including phenoxy) is 1. The lowest BCUT2D eigenvalue weighted by atomic mass is 9.99. The van der Waals surface area contributed by atoms with Gasteiger partial charge >= 0.3 is 11.9 Å². The van der Waals surface area contributed by atoms with E-state index in [1.54, 1.807) is 0 Å². The van der Waals surface area contributed by atoms with E-state index < -0.39 is 24.0 Å². The standard InChI is InChI=1S/C6H8O5/c7-4(8)1-6(10)2-5(9)11-3-6/h10H,1-3H2,(H,7,8). The summed E-state index contributed by atoms with van der Waals surface area (Å²) in [6.07, 6.45) is -0.669. The third-order valence-electron chi connectivity index (χ3n) is 1.46. The molecule has 1 aliphatic heterocycles. The van der Waals surface area contributed by atoms with Gasteiger partial charge in [0, 0.05) is 0 Å². The minimum absolute atomic E-state index is 0.210. The SMILES string of the molecule is O=C(O)CC1(O)COC(=O)C1. The summed E-state index contributed by atoms with van der Waals surface area (Å²) in [5.74, 6) is -1.68. The first-order valence-corrected chi connectivity index (χ1v) is 3.12. The van der Waals surface area contributed by atoms with Gasteiger partial charge in [-0.15, -0.1) is 0 Å². The van der Waals surface area contributed by atoms with Crippen molar-refractivity contribution in [1.82, 2.24) is 0 Å². The van der Waals surface area contributed by atoms with E-state index in [1.165, 1.54) is 0 Å². The average molecular weight is 160 g/mol. The summed E-state index contributed by atoms with van der Waals surface area (Å²) in [5, 5.41) is 17.6. The van der Waals surface area contributed by atoms with Crippen molar-refractivity contribution in [3.05, 3.63) is 0 Å². The topological polar surface area (TPSA) is 83.8 Å². The number of aliphatic carboxylic acids is 1. The molecular weight excluding hydrogens is 152 g/mol. The van der Waals surface area contributed by atoms with E-state index in [0.29, 0.717) is 0 Å². The van der Waals surface area contributed by atoms with Gasteiger partial charge in [-0.2, -0.15) is 0 Å². The maximum atomic E-state index is 10.5. The van der Waals surface area contributed by atoms with Gasteiger partial charge in [0.2, 0.25) is 0 Å². The van der Waals surface area contributed by atoms with Crippen molar-refractivity contribution in [2.75, 3.05) is 6.61 Å². The van der Waals surface area contributed by atoms with Crippen molar-refractivity contribution in [2.45, 2.75) is 18.4 Å². The van der Waals surface area contributed by atoms with Crippen molar-refractivity contribution in [3.63, 3.8) is 0 Å². The molecule has 0 spiro atoms. The molecule has 1 rings (SSSR count). The van der Waals surface area contributed by atoms with Gasteiger partial charge in [0.25, 0.3) is 0 Å². The maximum Gasteiger partial charge on any atom is 0.308 e. The van der Waals surface area contributed by atoms with Gasteiger partial charge in [0.1, 0.15) is 12.2 Å². The molecule has 62 valence electrons. The molecule has 0 aromatic rings. The van der Waals surface area contributed by atoms with E-state index >= 15 is 0 Å². The first kappa shape index (κ1) is 8.00. The number of hydrogen-bond acceptors (Lipinski definition) is 4. The van der Waals surface area contributed by atoms with Crippen molar-refractivity contribution in [2.24, 2.45) is 0 Å². The van der Waals surface area contributed by atoms with Crippen LogP contribution in [0.3, 0.4) is 0 Å². The highest BCUT2D eigenvalue weighted by Crippen LogP contribution is 2.22. The molecule has 0 aromatic heterocycles. The predicted octanol–water partition coefficient (Wildman–Crippen LogP) is -0.861. The van der Waals surface area contributed by atoms with Crippen LogP contribution in [0.2, 0.25) is 0 Å². The third kappa shape index (κ3) is 1.91. The van der Waals surface area contributed by atoms with Crippen molar-refractivity contribution >= 4 is 11.9 Å². The number of carboxylic acids is 1. The molecule has 1 heterocycles. The molecule has 5 nitrogen and oxygen atoms in total. The molecule has 0 radical (unpaired) electrons. The van der Waals surface area contributed by atoms with Crippen LogP contribution >= 0.6 is 0 Å². The van der Waals surface area contributed by atoms with E-state index in [0.717, 1.165) is 0 Å². The highest BCUT2D eigenvalue weighted by atomic mass is 16.6. The summed E-state index contributed by atoms with van der Waals surface area (Å²) in [6.45, 7) is -0.210. The van der Waals surface area contributed by atoms with Gasteiger partial charge in [-0.1, -0.05) is 0 Å². The molecular formula is C6H8O5. The normalized spacial score (nSPS) is 30.1. The van der Waals surface area contributed by atoms with Crippen LogP contribution in [-0.2, 0) is 14.3 Å². The number of rotatable bonds is 2. The molecule has 0 aromatic carbocycles. The zero-order chi connectivity index (χ0) is 8.48. The minimum atomic E-state index is -1.48. The highest BCUT2D eigenvalue weighted by molar-refractivity contribution is 5.76. The van der Waals surface area contributed by atoms with Gasteiger partial charge in [0.05, 0.1) is 12.8 Å². The van der Waals surface area contributed by atoms with Crippen LogP contribution in [0, 0.1) is 0 Å². The first-order chi connectivity index (χ1) is 5.02. The molecule has 1 atom stereocenters. The lowest BCUT2D eigenvalue weighted by Crippen LogP contribution is -2.31. The van der Waals surface area contributed by atoms with Crippen LogP contribution in [0.5, 0.6) is 0 Å². The van der Waals surface area contributed by atoms with Crippen LogP contribution in [0.15, 0.2) is 0 Å². The summed E-state index contributed by atoms with van der Waals surface area (Å²) in [7, 11) is 0. The molecule has 1 fully saturated rings. The molecule has 0 aliphatic carbocycles. The monoisotopic (exact) mass is 160 g/mol. The predicted molar refractivity (Wildman–Crippen MR) is 32.8 cm³/mol. The van der Waals surface area contributed by atoms with E-state index in [-0.39, 0.29) is 13.0 Å². The maximum absolute atomic E-state index is 10.5. The number of carbonyl (C=O) groups excluding carboxylic acids is 1. The lowest BCUT2D eigenvalue weighted by Gasteiger charge is -2.14. The number of carbonyl (C=O) groups is 2. The number of cyclic esters (lactones) is 1. The summed E-state index contributed by atoms with van der Waals surface area (Å²) >= 11 is 0. The van der Waals surface area contributed by atoms with Gasteiger partial charge in [-0.3, -0.25) is 9.59 Å². The minimum Gasteiger partial charge on any atom is -0.481 e. The average Bonchev–Trinajstić information content (AvgIpc) is 2.08. The van der Waals surface area contributed by atoms with Crippen LogP contribution in [-0.4, -0.2) is 34.4 Å². The highest BCUT2D eigenvalue weighted by Gasteiger charge is 2.40. The Bertz CT molecular complexity index is 199. The quantitative estimate of drug-likeness (QED) is 0.513. The summed E-state index contributed by atoms with van der Waals surface area (Å²) in [4.78, 5) is 20.6. The van der Waals surface area contributed by atoms with Crippen LogP contribution in [0.4, 0.5) is 0 Å². The Hall–Kier alpha value is -1.10. The van der Waals surface area contributed by atoms with Gasteiger partial charge in [-0.05, 0) is 0 Å². The molecule has 2 N–H and O–H groups in total. The first-order valence-electron chi connectivity index (χ1n) is 3.12. The number of carboxylic acid groups (broad SMARTS) is 1. The Morgan fingerprint density at radius 1 is 1.73 bits per heavy atom. The van der Waals surface area contributed by atoms with E-state index in [4.69, 9.17) is 5.11 Å². The second-order valence-corrected chi connectivity index (χ2v) is 2.63. The molecule has 1 saturated heterocycles. The van der Waals surface area contributed by atoms with Crippen molar-refractivity contribution in [3.8, 4) is 0 Å². The fourth-order valence-electron chi connectivity index (χ4n) is 0.981. The number of hydrogen-bond donors (Lipinski definition) is 2. The van der Waals surface area contributed by atoms with Crippen LogP contribution in [0.1, 0.15) is 12.8 Å². The van der Waals surface area contributed by atoms with Gasteiger partial charge < -0.3 is 14.9 Å². The fourth-order valence-corrected chi connectivity index (χ4v) is 0.981. The summed E-state index contributed by atoms with van der Waals surface area (Å²) in [5.41, 5.74) is -1.48. The van der Waals surface area contributed by atoms with E-state index in [9.17, 15) is 14.7 Å². The Balaban J connectivity index is 2.55. The molecule has 1 unspecified atom stereocenters. The molecule has 0 amide bonds. The molecule has 5 heteroatoms. The molecule has 0 bridgehead atoms. The third-order valence-corrected chi connectivity index (χ3v) is 1.46. The largest absolute Gasteiger partial charge is 0.481 e. The Kier molecular flexibility index (Phi) is 1.82. The summed E-state index contributed by atoms with van der Waals surface area (Å²) in [6, 6.07) is 0. The zero-order valence-electron chi connectivity index (χ0n) is 5.74. The van der Waals surface area contributed by atoms with Crippen LogP contribution in [0.25, 0.3) is 0 Å². The Labute approximate surface area is 62.6 Å². The summed E-state index contributed by atoms with van der Waals surface area (Å²) < 4.78 is 4.42. The smallest absolute Gasteiger partial charge is 0.308 e. The van der Waals surface area contributed by atoms with Crippen molar-refractivity contribution in [1.29, 1.82) is 0 Å². The second kappa shape index (κ2) is 2.50. The second-order valence-electron chi connectivity index (χ2n) is 2.63. The van der Waals surface area contributed by atoms with Gasteiger partial charge in [-0.25, -0.2) is 0 Å². The Morgan fingerprint density at radius 2 is 2.36 bits per heavy atom. The molecule has 0 saturated carbocycles. The zero-order valence-corrected chi connectivity index (χ0v) is 5.74. The molecule has 1 aliphatic rings. The lowest BCUT2D eigenvalue weighted by molar-refractivity contribution is -0.142. The Morgan fingerprint density at radius 3 is 2.73 bits per heavy atom. The number of aliphatic hydroxyl groups is 1. The van der Waals surface area contributed by atoms with E-state index in [1.807, 2.05) is 0 Å². The van der Waals surface area contributed by atoms with E-state index in [2.05, 4.69) is 4.74 Å². The molecule has 11 heavy (non-hydrogen) atoms. The van der Waals surface area contributed by atoms with Crippen molar-refractivity contribution < 1.29 is 24.5 Å². The fraction of sp³-hybridized carbons (Fsp3) is 0.667. The van der Waals surface area contributed by atoms with Crippen LogP contribution < -0.4 is 0 Å². The number of esters is 1. The van der Waals surface area contributed by atoms with Gasteiger partial charge in [0.15, 0.2) is 0 Å².